The summed E-state index contributed by atoms with van der Waals surface area (Å²) < 4.78 is 5.56. The van der Waals surface area contributed by atoms with E-state index in [0.717, 1.165) is 31.9 Å². The first-order valence-corrected chi connectivity index (χ1v) is 8.87. The lowest BCUT2D eigenvalue weighted by Gasteiger charge is -2.18. The highest BCUT2D eigenvalue weighted by molar-refractivity contribution is 5.92. The summed E-state index contributed by atoms with van der Waals surface area (Å²) in [5.74, 6) is 0.740. The van der Waals surface area contributed by atoms with Crippen molar-refractivity contribution >= 4 is 5.91 Å². The van der Waals surface area contributed by atoms with Crippen LogP contribution >= 0.6 is 0 Å². The lowest BCUT2D eigenvalue weighted by molar-refractivity contribution is 0.0915. The zero-order chi connectivity index (χ0) is 17.9. The Hall–Kier alpha value is -2.51. The van der Waals surface area contributed by atoms with Crippen LogP contribution in [0.25, 0.3) is 0 Å². The summed E-state index contributed by atoms with van der Waals surface area (Å²) in [6, 6.07) is 6.21. The van der Waals surface area contributed by atoms with Crippen LogP contribution in [0.15, 0.2) is 36.8 Å². The molecule has 0 unspecified atom stereocenters. The van der Waals surface area contributed by atoms with Gasteiger partial charge in [-0.3, -0.25) is 14.7 Å². The van der Waals surface area contributed by atoms with Crippen molar-refractivity contribution in [2.24, 2.45) is 5.92 Å². The molecule has 1 aromatic carbocycles. The fourth-order valence-electron chi connectivity index (χ4n) is 3.69. The maximum absolute atomic E-state index is 12.3. The lowest BCUT2D eigenvalue weighted by Crippen LogP contribution is -2.41. The highest BCUT2D eigenvalue weighted by atomic mass is 16.5. The van der Waals surface area contributed by atoms with Crippen LogP contribution in [0.5, 0.6) is 5.75 Å². The molecule has 2 N–H and O–H groups in total. The minimum absolute atomic E-state index is 0.00776. The molecule has 0 spiro atoms. The molecule has 2 aromatic rings. The summed E-state index contributed by atoms with van der Waals surface area (Å²) in [6.45, 7) is 3.03. The van der Waals surface area contributed by atoms with E-state index < -0.39 is 0 Å². The topological polar surface area (TPSA) is 87.6 Å². The van der Waals surface area contributed by atoms with Crippen LogP contribution in [0.1, 0.15) is 21.6 Å². The quantitative estimate of drug-likeness (QED) is 0.819. The van der Waals surface area contributed by atoms with E-state index in [1.165, 1.54) is 29.7 Å². The van der Waals surface area contributed by atoms with Crippen molar-refractivity contribution in [1.82, 2.24) is 20.2 Å². The molecule has 2 aliphatic rings. The van der Waals surface area contributed by atoms with Crippen LogP contribution in [0.3, 0.4) is 0 Å². The summed E-state index contributed by atoms with van der Waals surface area (Å²) >= 11 is 0. The predicted molar refractivity (Wildman–Crippen MR) is 94.8 cm³/mol. The van der Waals surface area contributed by atoms with Gasteiger partial charge in [0.05, 0.1) is 12.8 Å². The molecular formula is C19H22N4O3. The van der Waals surface area contributed by atoms with Crippen molar-refractivity contribution in [2.75, 3.05) is 26.3 Å². The highest BCUT2D eigenvalue weighted by Gasteiger charge is 2.33. The van der Waals surface area contributed by atoms with Crippen molar-refractivity contribution in [2.45, 2.75) is 19.0 Å². The summed E-state index contributed by atoms with van der Waals surface area (Å²) in [6.07, 6.45) is 5.44. The zero-order valence-electron chi connectivity index (χ0n) is 14.5. The van der Waals surface area contributed by atoms with Gasteiger partial charge in [0, 0.05) is 57.0 Å². The van der Waals surface area contributed by atoms with E-state index in [4.69, 9.17) is 4.74 Å². The van der Waals surface area contributed by atoms with E-state index in [1.807, 2.05) is 6.07 Å². The van der Waals surface area contributed by atoms with Gasteiger partial charge in [-0.25, -0.2) is 4.98 Å². The Morgan fingerprint density at radius 2 is 2.27 bits per heavy atom. The number of fused-ring (bicyclic) bond motifs is 1. The van der Waals surface area contributed by atoms with Crippen molar-refractivity contribution in [1.29, 1.82) is 0 Å². The van der Waals surface area contributed by atoms with E-state index in [9.17, 15) is 9.90 Å². The molecule has 136 valence electrons. The summed E-state index contributed by atoms with van der Waals surface area (Å²) in [7, 11) is 0. The number of ether oxygens (including phenoxy) is 1. The normalized spacial score (nSPS) is 22.0. The summed E-state index contributed by atoms with van der Waals surface area (Å²) in [5.41, 5.74) is 2.78. The average Bonchev–Trinajstić information content (AvgIpc) is 3.28. The number of hydrogen-bond acceptors (Lipinski definition) is 6. The van der Waals surface area contributed by atoms with E-state index in [0.29, 0.717) is 12.2 Å². The maximum Gasteiger partial charge on any atom is 0.271 e. The van der Waals surface area contributed by atoms with Gasteiger partial charge in [0.2, 0.25) is 0 Å². The van der Waals surface area contributed by atoms with Gasteiger partial charge in [0.1, 0.15) is 11.4 Å². The van der Waals surface area contributed by atoms with Gasteiger partial charge in [-0.1, -0.05) is 12.1 Å². The average molecular weight is 354 g/mol. The van der Waals surface area contributed by atoms with Gasteiger partial charge in [-0.2, -0.15) is 0 Å². The molecule has 1 fully saturated rings. The third kappa shape index (κ3) is 3.54. The largest absolute Gasteiger partial charge is 0.493 e. The minimum atomic E-state index is -0.252. The molecule has 0 saturated carbocycles. The van der Waals surface area contributed by atoms with E-state index in [-0.39, 0.29) is 24.5 Å². The van der Waals surface area contributed by atoms with Gasteiger partial charge >= 0.3 is 0 Å². The first kappa shape index (κ1) is 16.9. The molecule has 0 aliphatic carbocycles. The van der Waals surface area contributed by atoms with Gasteiger partial charge < -0.3 is 15.2 Å². The molecule has 2 aliphatic heterocycles. The number of nitrogens with zero attached hydrogens (tertiary/aromatic N) is 3. The summed E-state index contributed by atoms with van der Waals surface area (Å²) in [4.78, 5) is 22.5. The number of aliphatic hydroxyl groups excluding tert-OH is 1. The molecule has 7 nitrogen and oxygen atoms in total. The molecule has 26 heavy (non-hydrogen) atoms. The van der Waals surface area contributed by atoms with Gasteiger partial charge in [-0.05, 0) is 17.2 Å². The van der Waals surface area contributed by atoms with Crippen LogP contribution in [0.2, 0.25) is 0 Å². The van der Waals surface area contributed by atoms with Crippen LogP contribution in [-0.2, 0) is 13.0 Å². The number of benzene rings is 1. The number of hydrogen-bond donors (Lipinski definition) is 2. The number of carbonyl (C=O) groups excluding carboxylic acids is 1. The SMILES string of the molecule is O=C(N[C@@H]1CN(Cc2ccc3c(c2)CCO3)C[C@H]1CO)c1cnccn1. The van der Waals surface area contributed by atoms with Crippen molar-refractivity contribution in [3.8, 4) is 5.75 Å². The van der Waals surface area contributed by atoms with Gasteiger partial charge in [0.15, 0.2) is 0 Å². The number of aromatic nitrogens is 2. The zero-order valence-corrected chi connectivity index (χ0v) is 14.5. The first-order chi connectivity index (χ1) is 12.7. The number of likely N-dealkylation sites (tertiary alicyclic amines) is 1. The number of aliphatic hydroxyl groups is 1. The molecule has 1 amide bonds. The molecule has 7 heteroatoms. The third-order valence-electron chi connectivity index (χ3n) is 5.02. The second-order valence-corrected chi connectivity index (χ2v) is 6.85. The third-order valence-corrected chi connectivity index (χ3v) is 5.02. The first-order valence-electron chi connectivity index (χ1n) is 8.87. The standard InChI is InChI=1S/C19H22N4O3/c24-12-15-10-23(9-13-1-2-18-14(7-13)3-6-26-18)11-17(15)22-19(25)16-8-20-4-5-21-16/h1-2,4-5,7-8,15,17,24H,3,6,9-12H2,(H,22,25)/t15-,17+/m0/s1. The molecule has 0 radical (unpaired) electrons. The molecule has 4 rings (SSSR count). The molecule has 1 saturated heterocycles. The second-order valence-electron chi connectivity index (χ2n) is 6.85. The smallest absolute Gasteiger partial charge is 0.271 e. The Bertz CT molecular complexity index is 784. The predicted octanol–water partition coefficient (Wildman–Crippen LogP) is 0.634. The highest BCUT2D eigenvalue weighted by Crippen LogP contribution is 2.27. The van der Waals surface area contributed by atoms with Crippen molar-refractivity contribution < 1.29 is 14.6 Å². The monoisotopic (exact) mass is 354 g/mol. The van der Waals surface area contributed by atoms with E-state index in [2.05, 4.69) is 32.3 Å². The fourth-order valence-corrected chi connectivity index (χ4v) is 3.69. The van der Waals surface area contributed by atoms with Crippen molar-refractivity contribution in [3.63, 3.8) is 0 Å². The molecule has 2 atom stereocenters. The Morgan fingerprint density at radius 3 is 3.08 bits per heavy atom. The molecule has 3 heterocycles. The molecule has 0 bridgehead atoms. The van der Waals surface area contributed by atoms with Crippen LogP contribution in [0, 0.1) is 5.92 Å². The minimum Gasteiger partial charge on any atom is -0.493 e. The van der Waals surface area contributed by atoms with Crippen molar-refractivity contribution in [3.05, 3.63) is 53.6 Å². The van der Waals surface area contributed by atoms with Gasteiger partial charge in [0.25, 0.3) is 5.91 Å². The lowest BCUT2D eigenvalue weighted by atomic mass is 10.1. The van der Waals surface area contributed by atoms with E-state index in [1.54, 1.807) is 0 Å². The number of amides is 1. The van der Waals surface area contributed by atoms with Gasteiger partial charge in [-0.15, -0.1) is 0 Å². The Labute approximate surface area is 152 Å². The van der Waals surface area contributed by atoms with Crippen LogP contribution in [-0.4, -0.2) is 58.2 Å². The molecule has 1 aromatic heterocycles. The Morgan fingerprint density at radius 1 is 1.35 bits per heavy atom. The Kier molecular flexibility index (Phi) is 4.81. The molecular weight excluding hydrogens is 332 g/mol. The number of nitrogens with one attached hydrogen (secondary N) is 1. The maximum atomic E-state index is 12.3. The van der Waals surface area contributed by atoms with Crippen LogP contribution < -0.4 is 10.1 Å². The number of carbonyl (C=O) groups is 1. The van der Waals surface area contributed by atoms with Crippen LogP contribution in [0.4, 0.5) is 0 Å². The fraction of sp³-hybridized carbons (Fsp3) is 0.421. The van der Waals surface area contributed by atoms with E-state index >= 15 is 0 Å². The Balaban J connectivity index is 1.40. The summed E-state index contributed by atoms with van der Waals surface area (Å²) in [5, 5.41) is 12.7. The number of rotatable bonds is 5. The second kappa shape index (κ2) is 7.39.